The number of rotatable bonds is 3. The van der Waals surface area contributed by atoms with E-state index in [2.05, 4.69) is 39.7 Å². The lowest BCUT2D eigenvalue weighted by Crippen LogP contribution is -1.89. The molecule has 0 spiro atoms. The largest absolute Gasteiger partial charge is 0.496 e. The monoisotopic (exact) mass is 304 g/mol. The number of alkyl halides is 1. The van der Waals surface area contributed by atoms with E-state index >= 15 is 0 Å². The fourth-order valence-corrected chi connectivity index (χ4v) is 1.43. The summed E-state index contributed by atoms with van der Waals surface area (Å²) < 4.78 is 9.05. The Bertz CT molecular complexity index is 301. The van der Waals surface area contributed by atoms with Crippen LogP contribution in [0, 0.1) is 6.92 Å². The van der Waals surface area contributed by atoms with Crippen LogP contribution in [0.25, 0.3) is 0 Å². The first-order chi connectivity index (χ1) is 8.19. The van der Waals surface area contributed by atoms with Gasteiger partial charge in [-0.05, 0) is 18.6 Å². The number of halogens is 1. The summed E-state index contributed by atoms with van der Waals surface area (Å²) in [6.07, 6.45) is 0. The minimum absolute atomic E-state index is 0.375. The third-order valence-electron chi connectivity index (χ3n) is 1.68. The molecule has 1 aromatic rings. The molecule has 0 aromatic heterocycles. The predicted molar refractivity (Wildman–Crippen MR) is 74.8 cm³/mol. The second kappa shape index (κ2) is 13.0. The Balaban J connectivity index is 0. The summed E-state index contributed by atoms with van der Waals surface area (Å²) in [5.41, 5.74) is 2.42. The van der Waals surface area contributed by atoms with Crippen LogP contribution in [0.15, 0.2) is 18.2 Å². The average Bonchev–Trinajstić information content (AvgIpc) is 2.41. The molecule has 0 saturated carbocycles. The van der Waals surface area contributed by atoms with Crippen LogP contribution < -0.4 is 4.74 Å². The SMILES string of the molecule is CC.COC=O.COc1cc(C)ccc1CBr. The van der Waals surface area contributed by atoms with Gasteiger partial charge < -0.3 is 9.47 Å². The van der Waals surface area contributed by atoms with E-state index in [1.807, 2.05) is 19.9 Å². The number of hydrogen-bond donors (Lipinski definition) is 0. The Labute approximate surface area is 112 Å². The predicted octanol–water partition coefficient (Wildman–Crippen LogP) is 3.71. The number of hydrogen-bond acceptors (Lipinski definition) is 3. The van der Waals surface area contributed by atoms with Crippen LogP contribution in [0.1, 0.15) is 25.0 Å². The highest BCUT2D eigenvalue weighted by atomic mass is 79.9. The number of methoxy groups -OCH3 is 2. The lowest BCUT2D eigenvalue weighted by Gasteiger charge is -2.05. The number of benzene rings is 1. The molecule has 0 aliphatic rings. The van der Waals surface area contributed by atoms with Gasteiger partial charge in [0.05, 0.1) is 14.2 Å². The van der Waals surface area contributed by atoms with E-state index in [0.29, 0.717) is 6.47 Å². The van der Waals surface area contributed by atoms with E-state index in [1.54, 1.807) is 7.11 Å². The van der Waals surface area contributed by atoms with Gasteiger partial charge in [0.25, 0.3) is 6.47 Å². The molecule has 98 valence electrons. The van der Waals surface area contributed by atoms with Crippen LogP contribution in [-0.4, -0.2) is 20.7 Å². The maximum atomic E-state index is 8.95. The third kappa shape index (κ3) is 8.74. The van der Waals surface area contributed by atoms with Crippen molar-refractivity contribution in [2.45, 2.75) is 26.1 Å². The lowest BCUT2D eigenvalue weighted by molar-refractivity contribution is -0.126. The minimum atomic E-state index is 0.375. The Morgan fingerprint density at radius 3 is 2.18 bits per heavy atom. The standard InChI is InChI=1S/C9H11BrO.C2H4O2.C2H6/c1-7-3-4-8(6-10)9(5-7)11-2;1-4-2-3;1-2/h3-5H,6H2,1-2H3;2H,1H3;1-2H3. The van der Waals surface area contributed by atoms with Crippen molar-refractivity contribution in [3.8, 4) is 5.75 Å². The highest BCUT2D eigenvalue weighted by molar-refractivity contribution is 9.08. The smallest absolute Gasteiger partial charge is 0.292 e. The fraction of sp³-hybridized carbons (Fsp3) is 0.462. The summed E-state index contributed by atoms with van der Waals surface area (Å²) in [6.45, 7) is 6.43. The second-order valence-corrected chi connectivity index (χ2v) is 3.34. The van der Waals surface area contributed by atoms with Gasteiger partial charge in [0, 0.05) is 10.9 Å². The fourth-order valence-electron chi connectivity index (χ4n) is 0.962. The Kier molecular flexibility index (Phi) is 14.1. The van der Waals surface area contributed by atoms with Gasteiger partial charge in [0.15, 0.2) is 0 Å². The summed E-state index contributed by atoms with van der Waals surface area (Å²) in [6, 6.07) is 6.19. The molecule has 0 amide bonds. The van der Waals surface area contributed by atoms with Gasteiger partial charge in [-0.15, -0.1) is 0 Å². The molecule has 0 radical (unpaired) electrons. The molecule has 0 fully saturated rings. The quantitative estimate of drug-likeness (QED) is 0.631. The van der Waals surface area contributed by atoms with Gasteiger partial charge in [-0.3, -0.25) is 4.79 Å². The topological polar surface area (TPSA) is 35.5 Å². The van der Waals surface area contributed by atoms with Crippen molar-refractivity contribution in [1.82, 2.24) is 0 Å². The first-order valence-electron chi connectivity index (χ1n) is 5.35. The highest BCUT2D eigenvalue weighted by Gasteiger charge is 1.99. The summed E-state index contributed by atoms with van der Waals surface area (Å²) in [5.74, 6) is 0.960. The molecule has 0 atom stereocenters. The normalized spacial score (nSPS) is 7.88. The minimum Gasteiger partial charge on any atom is -0.496 e. The van der Waals surface area contributed by atoms with Crippen molar-refractivity contribution in [2.24, 2.45) is 0 Å². The lowest BCUT2D eigenvalue weighted by atomic mass is 10.1. The Morgan fingerprint density at radius 2 is 1.82 bits per heavy atom. The van der Waals surface area contributed by atoms with Gasteiger partial charge in [0.1, 0.15) is 5.75 Å². The molecule has 3 nitrogen and oxygen atoms in total. The van der Waals surface area contributed by atoms with Gasteiger partial charge in [-0.1, -0.05) is 41.9 Å². The first-order valence-corrected chi connectivity index (χ1v) is 6.47. The molecular weight excluding hydrogens is 284 g/mol. The van der Waals surface area contributed by atoms with E-state index in [1.165, 1.54) is 18.2 Å². The third-order valence-corrected chi connectivity index (χ3v) is 2.29. The zero-order chi connectivity index (χ0) is 13.7. The molecule has 1 aromatic carbocycles. The zero-order valence-electron chi connectivity index (χ0n) is 11.1. The van der Waals surface area contributed by atoms with Gasteiger partial charge >= 0.3 is 0 Å². The van der Waals surface area contributed by atoms with Crippen molar-refractivity contribution < 1.29 is 14.3 Å². The van der Waals surface area contributed by atoms with E-state index < -0.39 is 0 Å². The highest BCUT2D eigenvalue weighted by Crippen LogP contribution is 2.21. The number of ether oxygens (including phenoxy) is 2. The van der Waals surface area contributed by atoms with Crippen molar-refractivity contribution in [3.63, 3.8) is 0 Å². The molecule has 4 heteroatoms. The average molecular weight is 305 g/mol. The molecular formula is C13H21BrO3. The van der Waals surface area contributed by atoms with Gasteiger partial charge in [-0.2, -0.15) is 0 Å². The van der Waals surface area contributed by atoms with Crippen molar-refractivity contribution in [2.75, 3.05) is 14.2 Å². The van der Waals surface area contributed by atoms with Gasteiger partial charge in [0.2, 0.25) is 0 Å². The zero-order valence-corrected chi connectivity index (χ0v) is 12.7. The number of aryl methyl sites for hydroxylation is 1. The molecule has 0 heterocycles. The first kappa shape index (κ1) is 18.3. The van der Waals surface area contributed by atoms with E-state index in [-0.39, 0.29) is 0 Å². The van der Waals surface area contributed by atoms with Crippen LogP contribution in [0.3, 0.4) is 0 Å². The van der Waals surface area contributed by atoms with E-state index in [9.17, 15) is 0 Å². The molecule has 0 unspecified atom stereocenters. The molecule has 0 aliphatic heterocycles. The van der Waals surface area contributed by atoms with Crippen LogP contribution in [0.2, 0.25) is 0 Å². The summed E-state index contributed by atoms with van der Waals surface area (Å²) in [5, 5.41) is 0.844. The molecule has 0 N–H and O–H groups in total. The second-order valence-electron chi connectivity index (χ2n) is 2.78. The maximum absolute atomic E-state index is 8.95. The van der Waals surface area contributed by atoms with E-state index in [0.717, 1.165) is 11.1 Å². The number of carbonyl (C=O) groups excluding carboxylic acids is 1. The van der Waals surface area contributed by atoms with E-state index in [4.69, 9.17) is 9.53 Å². The molecule has 0 aliphatic carbocycles. The van der Waals surface area contributed by atoms with Crippen LogP contribution in [0.4, 0.5) is 0 Å². The molecule has 17 heavy (non-hydrogen) atoms. The Morgan fingerprint density at radius 1 is 1.29 bits per heavy atom. The Hall–Kier alpha value is -1.03. The summed E-state index contributed by atoms with van der Waals surface area (Å²) in [4.78, 5) is 8.95. The van der Waals surface area contributed by atoms with Gasteiger partial charge in [-0.25, -0.2) is 0 Å². The van der Waals surface area contributed by atoms with Crippen LogP contribution in [-0.2, 0) is 14.9 Å². The number of carbonyl (C=O) groups is 1. The summed E-state index contributed by atoms with van der Waals surface area (Å²) >= 11 is 3.39. The van der Waals surface area contributed by atoms with Crippen molar-refractivity contribution in [1.29, 1.82) is 0 Å². The van der Waals surface area contributed by atoms with Crippen molar-refractivity contribution >= 4 is 22.4 Å². The molecule has 0 bridgehead atoms. The van der Waals surface area contributed by atoms with Crippen molar-refractivity contribution in [3.05, 3.63) is 29.3 Å². The maximum Gasteiger partial charge on any atom is 0.292 e. The van der Waals surface area contributed by atoms with Crippen LogP contribution in [0.5, 0.6) is 5.75 Å². The molecule has 1 rings (SSSR count). The molecule has 0 saturated heterocycles. The summed E-state index contributed by atoms with van der Waals surface area (Å²) in [7, 11) is 3.01. The van der Waals surface area contributed by atoms with Crippen LogP contribution >= 0.6 is 15.9 Å².